The minimum absolute atomic E-state index is 0.191. The largest absolute Gasteiger partial charge is 0.494 e. The number of nitrogens with one attached hydrogen (secondary N) is 1. The molecule has 11 heteroatoms. The molecule has 2 N–H and O–H groups in total. The summed E-state index contributed by atoms with van der Waals surface area (Å²) in [5, 5.41) is 14.6. The van der Waals surface area contributed by atoms with Gasteiger partial charge in [-0.15, -0.1) is 0 Å². The zero-order chi connectivity index (χ0) is 38.3. The standard InChI is InChI=1S/C43H58ClN2O7P/c1-5-52-54(49,53-6-2)24-8-7-23-50-36-16-15-32-26-33(25-30(3)29-51-39-17-22-45-38-14-9-11-31(4)40(38)39)42(37(32)28-36)18-20-43(21-19-42,41(47)48)46-35-13-10-12-34(44)27-35/h10,12-13,15-17,22,27-28,30-31,33,46H,5-9,11,14,18-21,23-26,29H2,1-4H3,(H,47,48)/t30-,31-,33?,42?,43?/m1/s1. The first-order valence-corrected chi connectivity index (χ1v) is 22.1. The molecule has 6 rings (SSSR count). The molecule has 1 saturated carbocycles. The SMILES string of the molecule is CCOP(=O)(CCCCOc1ccc2c(c1)C1(CCC(Nc3cccc(Cl)c3)(C(=O)O)CC1)C(C[C@@H](C)COc1ccnc3c1[C@H](C)CCC3)C2)OCC. The lowest BCUT2D eigenvalue weighted by atomic mass is 9.59. The number of aliphatic carboxylic acids is 1. The molecule has 1 unspecified atom stereocenters. The number of carboxylic acid groups (broad SMARTS) is 1. The predicted octanol–water partition coefficient (Wildman–Crippen LogP) is 10.6. The molecule has 294 valence electrons. The Balaban J connectivity index is 1.18. The van der Waals surface area contributed by atoms with E-state index in [1.54, 1.807) is 12.1 Å². The number of halogens is 1. The van der Waals surface area contributed by atoms with E-state index in [0.717, 1.165) is 62.1 Å². The Hall–Kier alpha value is -3.10. The van der Waals surface area contributed by atoms with Crippen LogP contribution in [0.25, 0.3) is 0 Å². The van der Waals surface area contributed by atoms with E-state index in [-0.39, 0.29) is 5.41 Å². The molecule has 0 bridgehead atoms. The highest BCUT2D eigenvalue weighted by Crippen LogP contribution is 2.57. The number of anilines is 1. The molecule has 1 fully saturated rings. The Labute approximate surface area is 326 Å². The Bertz CT molecular complexity index is 1790. The van der Waals surface area contributed by atoms with Crippen molar-refractivity contribution in [1.29, 1.82) is 0 Å². The van der Waals surface area contributed by atoms with Gasteiger partial charge in [0.15, 0.2) is 0 Å². The third-order valence-electron chi connectivity index (χ3n) is 12.0. The molecule has 0 saturated heterocycles. The number of rotatable bonds is 18. The lowest BCUT2D eigenvalue weighted by Crippen LogP contribution is -2.53. The van der Waals surface area contributed by atoms with E-state index < -0.39 is 19.1 Å². The molecular weight excluding hydrogens is 723 g/mol. The van der Waals surface area contributed by atoms with Crippen molar-refractivity contribution < 1.29 is 33.0 Å². The third-order valence-corrected chi connectivity index (χ3v) is 14.4. The second-order valence-electron chi connectivity index (χ2n) is 15.7. The molecule has 1 spiro atoms. The van der Waals surface area contributed by atoms with E-state index in [9.17, 15) is 14.5 Å². The van der Waals surface area contributed by atoms with Crippen molar-refractivity contribution in [2.75, 3.05) is 37.9 Å². The number of hydrogen-bond acceptors (Lipinski definition) is 8. The fourth-order valence-corrected chi connectivity index (χ4v) is 11.2. The van der Waals surface area contributed by atoms with E-state index in [1.165, 1.54) is 28.8 Å². The zero-order valence-electron chi connectivity index (χ0n) is 32.4. The summed E-state index contributed by atoms with van der Waals surface area (Å²) in [6.07, 6.45) is 11.3. The van der Waals surface area contributed by atoms with Crippen LogP contribution in [0.2, 0.25) is 5.02 Å². The number of fused-ring (bicyclic) bond motifs is 3. The first kappa shape index (κ1) is 40.6. The van der Waals surface area contributed by atoms with E-state index in [0.29, 0.717) is 74.6 Å². The van der Waals surface area contributed by atoms with Crippen LogP contribution in [0.5, 0.6) is 11.5 Å². The minimum Gasteiger partial charge on any atom is -0.494 e. The number of aryl methyl sites for hydroxylation is 1. The van der Waals surface area contributed by atoms with Crippen LogP contribution < -0.4 is 14.8 Å². The average Bonchev–Trinajstić information content (AvgIpc) is 3.43. The minimum atomic E-state index is -3.08. The van der Waals surface area contributed by atoms with Crippen molar-refractivity contribution in [2.24, 2.45) is 11.8 Å². The first-order chi connectivity index (χ1) is 26.0. The second-order valence-corrected chi connectivity index (χ2v) is 18.4. The molecule has 0 radical (unpaired) electrons. The number of aromatic nitrogens is 1. The topological polar surface area (TPSA) is 116 Å². The summed E-state index contributed by atoms with van der Waals surface area (Å²) in [6.45, 7) is 10.0. The summed E-state index contributed by atoms with van der Waals surface area (Å²) >= 11 is 6.29. The van der Waals surface area contributed by atoms with Crippen LogP contribution in [0.4, 0.5) is 5.69 Å². The van der Waals surface area contributed by atoms with E-state index in [4.69, 9.17) is 30.1 Å². The quantitative estimate of drug-likeness (QED) is 0.0961. The number of unbranched alkanes of at least 4 members (excludes halogenated alkanes) is 1. The fourth-order valence-electron chi connectivity index (χ4n) is 9.32. The molecule has 1 heterocycles. The summed E-state index contributed by atoms with van der Waals surface area (Å²) in [4.78, 5) is 17.7. The maximum absolute atomic E-state index is 13.0. The van der Waals surface area contributed by atoms with Gasteiger partial charge < -0.3 is 28.9 Å². The molecule has 3 atom stereocenters. The van der Waals surface area contributed by atoms with Gasteiger partial charge in [-0.1, -0.05) is 37.6 Å². The lowest BCUT2D eigenvalue weighted by molar-refractivity contribution is -0.144. The zero-order valence-corrected chi connectivity index (χ0v) is 34.1. The van der Waals surface area contributed by atoms with Gasteiger partial charge in [0.2, 0.25) is 0 Å². The van der Waals surface area contributed by atoms with Crippen LogP contribution in [0, 0.1) is 11.8 Å². The highest BCUT2D eigenvalue weighted by molar-refractivity contribution is 7.53. The van der Waals surface area contributed by atoms with Crippen molar-refractivity contribution in [3.05, 3.63) is 82.1 Å². The molecule has 1 aromatic heterocycles. The summed E-state index contributed by atoms with van der Waals surface area (Å²) in [7, 11) is -3.08. The van der Waals surface area contributed by atoms with Gasteiger partial charge in [0, 0.05) is 28.2 Å². The number of pyridine rings is 1. The normalized spacial score (nSPS) is 24.1. The highest BCUT2D eigenvalue weighted by Gasteiger charge is 2.54. The van der Waals surface area contributed by atoms with Crippen molar-refractivity contribution in [3.8, 4) is 11.5 Å². The van der Waals surface area contributed by atoms with E-state index in [1.807, 2.05) is 38.2 Å². The van der Waals surface area contributed by atoms with Crippen LogP contribution in [0.15, 0.2) is 54.7 Å². The Morgan fingerprint density at radius 1 is 1.06 bits per heavy atom. The molecule has 0 amide bonds. The van der Waals surface area contributed by atoms with Gasteiger partial charge in [-0.25, -0.2) is 4.79 Å². The van der Waals surface area contributed by atoms with Crippen LogP contribution in [0.3, 0.4) is 0 Å². The van der Waals surface area contributed by atoms with E-state index >= 15 is 0 Å². The predicted molar refractivity (Wildman–Crippen MR) is 215 cm³/mol. The Morgan fingerprint density at radius 3 is 2.56 bits per heavy atom. The van der Waals surface area contributed by atoms with Crippen molar-refractivity contribution in [1.82, 2.24) is 4.98 Å². The summed E-state index contributed by atoms with van der Waals surface area (Å²) in [5.41, 5.74) is 4.49. The van der Waals surface area contributed by atoms with Gasteiger partial charge in [-0.05, 0) is 155 Å². The van der Waals surface area contributed by atoms with E-state index in [2.05, 4.69) is 42.3 Å². The average molecular weight is 781 g/mol. The van der Waals surface area contributed by atoms with Crippen LogP contribution >= 0.6 is 19.2 Å². The van der Waals surface area contributed by atoms with Gasteiger partial charge in [0.25, 0.3) is 0 Å². The van der Waals surface area contributed by atoms with Gasteiger partial charge in [0.1, 0.15) is 17.0 Å². The monoisotopic (exact) mass is 780 g/mol. The molecule has 3 aliphatic rings. The maximum Gasteiger partial charge on any atom is 0.330 e. The number of ether oxygens (including phenoxy) is 2. The number of nitrogens with zero attached hydrogens (tertiary/aromatic N) is 1. The first-order valence-electron chi connectivity index (χ1n) is 20.0. The smallest absolute Gasteiger partial charge is 0.330 e. The molecule has 54 heavy (non-hydrogen) atoms. The van der Waals surface area contributed by atoms with Crippen LogP contribution in [-0.2, 0) is 36.7 Å². The molecule has 3 aromatic rings. The van der Waals surface area contributed by atoms with Crippen molar-refractivity contribution in [2.45, 2.75) is 115 Å². The molecule has 0 aliphatic heterocycles. The lowest BCUT2D eigenvalue weighted by Gasteiger charge is -2.47. The van der Waals surface area contributed by atoms with Gasteiger partial charge in [0.05, 0.1) is 32.6 Å². The Morgan fingerprint density at radius 2 is 1.83 bits per heavy atom. The maximum atomic E-state index is 13.0. The van der Waals surface area contributed by atoms with Gasteiger partial charge >= 0.3 is 13.6 Å². The second kappa shape index (κ2) is 17.8. The molecule has 3 aliphatic carbocycles. The Kier molecular flexibility index (Phi) is 13.4. The number of carbonyl (C=O) groups is 1. The molecule has 2 aromatic carbocycles. The van der Waals surface area contributed by atoms with Crippen LogP contribution in [0.1, 0.15) is 114 Å². The fraction of sp³-hybridized carbons (Fsp3) is 0.581. The highest BCUT2D eigenvalue weighted by atomic mass is 35.5. The number of benzene rings is 2. The third kappa shape index (κ3) is 9.12. The van der Waals surface area contributed by atoms with Crippen LogP contribution in [-0.4, -0.2) is 54.2 Å². The summed E-state index contributed by atoms with van der Waals surface area (Å²) < 4.78 is 36.7. The molecule has 9 nitrogen and oxygen atoms in total. The summed E-state index contributed by atoms with van der Waals surface area (Å²) in [5.74, 6) is 2.02. The van der Waals surface area contributed by atoms with Gasteiger partial charge in [-0.3, -0.25) is 9.55 Å². The number of hydrogen-bond donors (Lipinski definition) is 2. The van der Waals surface area contributed by atoms with Crippen molar-refractivity contribution in [3.63, 3.8) is 0 Å². The molecular formula is C43H58ClN2O7P. The van der Waals surface area contributed by atoms with Crippen molar-refractivity contribution >= 4 is 30.9 Å². The number of carboxylic acids is 1. The van der Waals surface area contributed by atoms with Gasteiger partial charge in [-0.2, -0.15) is 0 Å². The summed E-state index contributed by atoms with van der Waals surface area (Å²) in [6, 6.07) is 15.8.